The van der Waals surface area contributed by atoms with Crippen LogP contribution < -0.4 is 4.74 Å². The molecule has 0 unspecified atom stereocenters. The number of carbonyl (C=O) groups excluding carboxylic acids is 1. The Morgan fingerprint density at radius 2 is 2.19 bits per heavy atom. The van der Waals surface area contributed by atoms with Gasteiger partial charge in [0, 0.05) is 6.42 Å². The van der Waals surface area contributed by atoms with E-state index in [0.717, 1.165) is 0 Å². The van der Waals surface area contributed by atoms with Crippen LogP contribution in [0.5, 0.6) is 5.75 Å². The van der Waals surface area contributed by atoms with Crippen LogP contribution in [-0.4, -0.2) is 22.6 Å². The van der Waals surface area contributed by atoms with Gasteiger partial charge in [0.2, 0.25) is 0 Å². The summed E-state index contributed by atoms with van der Waals surface area (Å²) >= 11 is 0. The number of hydrogen-bond acceptors (Lipinski definition) is 3. The van der Waals surface area contributed by atoms with Gasteiger partial charge in [-0.3, -0.25) is 4.79 Å². The second-order valence-corrected chi connectivity index (χ2v) is 4.95. The summed E-state index contributed by atoms with van der Waals surface area (Å²) in [6.45, 7) is 1.73. The Morgan fingerprint density at radius 1 is 1.44 bits per heavy atom. The lowest BCUT2D eigenvalue weighted by atomic mass is 9.86. The fourth-order valence-electron chi connectivity index (χ4n) is 2.82. The lowest BCUT2D eigenvalue weighted by Crippen LogP contribution is -2.35. The van der Waals surface area contributed by atoms with Crippen molar-refractivity contribution in [2.75, 3.05) is 0 Å². The maximum absolute atomic E-state index is 12.3. The molecule has 0 amide bonds. The average Bonchev–Trinajstić information content (AvgIpc) is 2.44. The number of fused-ring (bicyclic) bond motifs is 3. The Bertz CT molecular complexity index is 450. The summed E-state index contributed by atoms with van der Waals surface area (Å²) in [5.74, 6) is 0.359. The number of para-hydroxylation sites is 1. The molecular weight excluding hydrogens is 204 g/mol. The van der Waals surface area contributed by atoms with E-state index in [-0.39, 0.29) is 17.8 Å². The summed E-state index contributed by atoms with van der Waals surface area (Å²) in [6.07, 6.45) is 1.13. The second-order valence-electron chi connectivity index (χ2n) is 4.95. The molecule has 3 nitrogen and oxygen atoms in total. The third-order valence-corrected chi connectivity index (χ3v) is 3.65. The van der Waals surface area contributed by atoms with Gasteiger partial charge in [-0.1, -0.05) is 12.1 Å². The number of hydrogen-bond donors (Lipinski definition) is 1. The zero-order valence-corrected chi connectivity index (χ0v) is 9.14. The summed E-state index contributed by atoms with van der Waals surface area (Å²) in [6, 6.07) is 7.29. The molecule has 3 atom stereocenters. The molecule has 0 aromatic heterocycles. The third-order valence-electron chi connectivity index (χ3n) is 3.65. The van der Waals surface area contributed by atoms with Crippen molar-refractivity contribution >= 4 is 5.78 Å². The predicted molar refractivity (Wildman–Crippen MR) is 58.5 cm³/mol. The smallest absolute Gasteiger partial charge is 0.172 e. The van der Waals surface area contributed by atoms with Crippen LogP contribution in [0.25, 0.3) is 0 Å². The van der Waals surface area contributed by atoms with Crippen molar-refractivity contribution in [2.45, 2.75) is 31.5 Å². The first kappa shape index (κ1) is 9.85. The standard InChI is InChI=1S/C13H14O3/c1-13(15)7-8-6-10(13)12(14)9-4-2-3-5-11(9)16-8/h2-5,8,10,15H,6-7H2,1H3/t8-,10-,13-/m0/s1. The number of carbonyl (C=O) groups is 1. The largest absolute Gasteiger partial charge is 0.490 e. The van der Waals surface area contributed by atoms with E-state index in [4.69, 9.17) is 4.74 Å². The van der Waals surface area contributed by atoms with Gasteiger partial charge in [0.1, 0.15) is 11.9 Å². The van der Waals surface area contributed by atoms with Crippen molar-refractivity contribution in [3.63, 3.8) is 0 Å². The lowest BCUT2D eigenvalue weighted by molar-refractivity contribution is 0.0160. The van der Waals surface area contributed by atoms with Crippen LogP contribution in [0.4, 0.5) is 0 Å². The number of ether oxygens (including phenoxy) is 1. The van der Waals surface area contributed by atoms with Gasteiger partial charge in [-0.2, -0.15) is 0 Å². The SMILES string of the molecule is C[C@]1(O)C[C@@H]2C[C@H]1C(=O)c1ccccc1O2. The van der Waals surface area contributed by atoms with E-state index < -0.39 is 5.60 Å². The van der Waals surface area contributed by atoms with E-state index in [1.165, 1.54) is 0 Å². The molecule has 16 heavy (non-hydrogen) atoms. The van der Waals surface area contributed by atoms with Crippen LogP contribution >= 0.6 is 0 Å². The molecule has 2 bridgehead atoms. The molecule has 1 aromatic carbocycles. The average molecular weight is 218 g/mol. The molecule has 3 rings (SSSR count). The monoisotopic (exact) mass is 218 g/mol. The summed E-state index contributed by atoms with van der Waals surface area (Å²) in [5.41, 5.74) is -0.315. The van der Waals surface area contributed by atoms with Crippen LogP contribution in [0.1, 0.15) is 30.1 Å². The van der Waals surface area contributed by atoms with Crippen molar-refractivity contribution in [3.8, 4) is 5.75 Å². The molecular formula is C13H14O3. The van der Waals surface area contributed by atoms with Crippen LogP contribution in [-0.2, 0) is 0 Å². The molecule has 2 aliphatic rings. The number of aliphatic hydroxyl groups is 1. The highest BCUT2D eigenvalue weighted by Gasteiger charge is 2.49. The zero-order valence-electron chi connectivity index (χ0n) is 9.14. The maximum atomic E-state index is 12.3. The van der Waals surface area contributed by atoms with E-state index in [1.54, 1.807) is 13.0 Å². The molecule has 0 spiro atoms. The van der Waals surface area contributed by atoms with Gasteiger partial charge in [-0.05, 0) is 25.5 Å². The van der Waals surface area contributed by atoms with Gasteiger partial charge >= 0.3 is 0 Å². The first-order valence-electron chi connectivity index (χ1n) is 5.60. The highest BCUT2D eigenvalue weighted by Crippen LogP contribution is 2.43. The topological polar surface area (TPSA) is 46.5 Å². The fourth-order valence-corrected chi connectivity index (χ4v) is 2.82. The highest BCUT2D eigenvalue weighted by atomic mass is 16.5. The molecule has 1 aliphatic heterocycles. The van der Waals surface area contributed by atoms with Crippen LogP contribution in [0.2, 0.25) is 0 Å². The van der Waals surface area contributed by atoms with Crippen molar-refractivity contribution in [1.29, 1.82) is 0 Å². The van der Waals surface area contributed by atoms with E-state index in [1.807, 2.05) is 18.2 Å². The molecule has 84 valence electrons. The van der Waals surface area contributed by atoms with E-state index in [2.05, 4.69) is 0 Å². The molecule has 1 fully saturated rings. The Morgan fingerprint density at radius 3 is 3.00 bits per heavy atom. The number of Topliss-reactive ketones (excluding diaryl/α,β-unsaturated/α-hetero) is 1. The van der Waals surface area contributed by atoms with Crippen molar-refractivity contribution in [3.05, 3.63) is 29.8 Å². The Balaban J connectivity index is 2.11. The number of rotatable bonds is 0. The van der Waals surface area contributed by atoms with Gasteiger partial charge in [-0.25, -0.2) is 0 Å². The van der Waals surface area contributed by atoms with Crippen LogP contribution in [0.15, 0.2) is 24.3 Å². The first-order valence-corrected chi connectivity index (χ1v) is 5.60. The Hall–Kier alpha value is -1.35. The fraction of sp³-hybridized carbons (Fsp3) is 0.462. The molecule has 1 saturated carbocycles. The van der Waals surface area contributed by atoms with Crippen molar-refractivity contribution < 1.29 is 14.6 Å². The summed E-state index contributed by atoms with van der Waals surface area (Å²) in [4.78, 5) is 12.3. The van der Waals surface area contributed by atoms with E-state index in [9.17, 15) is 9.90 Å². The lowest BCUT2D eigenvalue weighted by Gasteiger charge is -2.26. The van der Waals surface area contributed by atoms with E-state index in [0.29, 0.717) is 24.2 Å². The van der Waals surface area contributed by atoms with Gasteiger partial charge in [0.25, 0.3) is 0 Å². The molecule has 1 heterocycles. The van der Waals surface area contributed by atoms with Crippen LogP contribution in [0.3, 0.4) is 0 Å². The molecule has 0 radical (unpaired) electrons. The van der Waals surface area contributed by atoms with Gasteiger partial charge in [0.05, 0.1) is 17.1 Å². The minimum absolute atomic E-state index is 0.0144. The Labute approximate surface area is 94.0 Å². The van der Waals surface area contributed by atoms with Gasteiger partial charge in [-0.15, -0.1) is 0 Å². The van der Waals surface area contributed by atoms with Gasteiger partial charge in [0.15, 0.2) is 5.78 Å². The molecule has 0 saturated heterocycles. The Kier molecular flexibility index (Phi) is 1.89. The first-order chi connectivity index (χ1) is 7.58. The summed E-state index contributed by atoms with van der Waals surface area (Å²) in [7, 11) is 0. The van der Waals surface area contributed by atoms with Crippen molar-refractivity contribution in [2.24, 2.45) is 5.92 Å². The normalized spacial score (nSPS) is 36.5. The third kappa shape index (κ3) is 1.28. The summed E-state index contributed by atoms with van der Waals surface area (Å²) in [5, 5.41) is 10.2. The molecule has 1 aromatic rings. The van der Waals surface area contributed by atoms with Crippen molar-refractivity contribution in [1.82, 2.24) is 0 Å². The number of ketones is 1. The predicted octanol–water partition coefficient (Wildman–Crippen LogP) is 1.79. The second kappa shape index (κ2) is 3.08. The quantitative estimate of drug-likeness (QED) is 0.722. The molecule has 1 aliphatic carbocycles. The van der Waals surface area contributed by atoms with E-state index >= 15 is 0 Å². The minimum Gasteiger partial charge on any atom is -0.490 e. The summed E-state index contributed by atoms with van der Waals surface area (Å²) < 4.78 is 5.77. The zero-order chi connectivity index (χ0) is 11.3. The number of benzene rings is 1. The highest BCUT2D eigenvalue weighted by molar-refractivity contribution is 6.01. The van der Waals surface area contributed by atoms with Gasteiger partial charge < -0.3 is 9.84 Å². The van der Waals surface area contributed by atoms with Crippen LogP contribution in [0, 0.1) is 5.92 Å². The minimum atomic E-state index is -0.921. The molecule has 1 N–H and O–H groups in total. The maximum Gasteiger partial charge on any atom is 0.172 e. The molecule has 3 heteroatoms.